The highest BCUT2D eigenvalue weighted by atomic mass is 79.9. The Morgan fingerprint density at radius 3 is 3.00 bits per heavy atom. The number of nitrogens with zero attached hydrogens (tertiary/aromatic N) is 1. The van der Waals surface area contributed by atoms with Crippen molar-refractivity contribution < 1.29 is 14.6 Å². The van der Waals surface area contributed by atoms with Crippen molar-refractivity contribution in [2.24, 2.45) is 0 Å². The summed E-state index contributed by atoms with van der Waals surface area (Å²) in [6.07, 6.45) is 2.33. The Labute approximate surface area is 90.0 Å². The second kappa shape index (κ2) is 4.95. The van der Waals surface area contributed by atoms with E-state index in [1.54, 1.807) is 0 Å². The summed E-state index contributed by atoms with van der Waals surface area (Å²) in [5, 5.41) is 8.85. The molecule has 0 spiro atoms. The molecule has 0 aliphatic carbocycles. The van der Waals surface area contributed by atoms with Crippen LogP contribution in [0.2, 0.25) is 0 Å². The molecule has 0 radical (unpaired) electrons. The summed E-state index contributed by atoms with van der Waals surface area (Å²) in [5.74, 6) is -0.868. The van der Waals surface area contributed by atoms with E-state index >= 15 is 0 Å². The highest BCUT2D eigenvalue weighted by Gasteiger charge is 2.12. The van der Waals surface area contributed by atoms with Gasteiger partial charge in [-0.1, -0.05) is 6.92 Å². The maximum Gasteiger partial charge on any atom is 0.341 e. The van der Waals surface area contributed by atoms with Gasteiger partial charge in [-0.2, -0.15) is 0 Å². The average molecular weight is 260 g/mol. The molecule has 1 aromatic rings. The molecule has 0 aromatic carbocycles. The Hall–Kier alpha value is -1.10. The highest BCUT2D eigenvalue weighted by Crippen LogP contribution is 2.19. The Bertz CT molecular complexity index is 341. The molecule has 0 saturated carbocycles. The largest absolute Gasteiger partial charge is 0.477 e. The molecule has 0 amide bonds. The van der Waals surface area contributed by atoms with Crippen molar-refractivity contribution in [1.82, 2.24) is 4.98 Å². The van der Waals surface area contributed by atoms with Crippen molar-refractivity contribution in [2.45, 2.75) is 13.3 Å². The van der Waals surface area contributed by atoms with Crippen molar-refractivity contribution in [3.63, 3.8) is 0 Å². The normalized spacial score (nSPS) is 9.86. The first-order valence-corrected chi connectivity index (χ1v) is 4.96. The zero-order chi connectivity index (χ0) is 10.6. The van der Waals surface area contributed by atoms with Crippen LogP contribution >= 0.6 is 15.9 Å². The molecule has 0 fully saturated rings. The van der Waals surface area contributed by atoms with Gasteiger partial charge in [-0.15, -0.1) is 0 Å². The van der Waals surface area contributed by atoms with Gasteiger partial charge in [0, 0.05) is 10.7 Å². The van der Waals surface area contributed by atoms with Crippen molar-refractivity contribution in [3.8, 4) is 5.88 Å². The first-order chi connectivity index (χ1) is 6.65. The molecule has 0 aliphatic heterocycles. The van der Waals surface area contributed by atoms with Gasteiger partial charge in [0.15, 0.2) is 0 Å². The topological polar surface area (TPSA) is 59.4 Å². The number of hydrogen-bond acceptors (Lipinski definition) is 3. The molecular formula is C9H10BrNO3. The fraction of sp³-hybridized carbons (Fsp3) is 0.333. The van der Waals surface area contributed by atoms with E-state index in [1.807, 2.05) is 6.92 Å². The number of pyridine rings is 1. The molecule has 0 aliphatic rings. The lowest BCUT2D eigenvalue weighted by Gasteiger charge is -2.06. The van der Waals surface area contributed by atoms with Crippen LogP contribution in [-0.2, 0) is 0 Å². The molecular weight excluding hydrogens is 250 g/mol. The molecule has 4 nitrogen and oxygen atoms in total. The third-order valence-electron chi connectivity index (χ3n) is 1.49. The fourth-order valence-corrected chi connectivity index (χ4v) is 1.22. The standard InChI is InChI=1S/C9H10BrNO3/c1-2-3-14-8-7(9(12)13)4-6(10)5-11-8/h4-5H,2-3H2,1H3,(H,12,13). The van der Waals surface area contributed by atoms with E-state index < -0.39 is 5.97 Å². The monoisotopic (exact) mass is 259 g/mol. The molecule has 5 heteroatoms. The van der Waals surface area contributed by atoms with E-state index in [1.165, 1.54) is 12.3 Å². The minimum Gasteiger partial charge on any atom is -0.477 e. The van der Waals surface area contributed by atoms with E-state index in [-0.39, 0.29) is 11.4 Å². The van der Waals surface area contributed by atoms with Crippen molar-refractivity contribution in [1.29, 1.82) is 0 Å². The number of hydrogen-bond donors (Lipinski definition) is 1. The van der Waals surface area contributed by atoms with Crippen LogP contribution in [0.5, 0.6) is 5.88 Å². The average Bonchev–Trinajstić information content (AvgIpc) is 2.15. The summed E-state index contributed by atoms with van der Waals surface area (Å²) in [5.41, 5.74) is 0.0767. The molecule has 0 unspecified atom stereocenters. The van der Waals surface area contributed by atoms with Gasteiger partial charge < -0.3 is 9.84 Å². The molecule has 1 rings (SSSR count). The number of aromatic carboxylic acids is 1. The Morgan fingerprint density at radius 1 is 1.71 bits per heavy atom. The van der Waals surface area contributed by atoms with Crippen LogP contribution in [0.25, 0.3) is 0 Å². The van der Waals surface area contributed by atoms with Gasteiger partial charge in [0.05, 0.1) is 6.61 Å². The van der Waals surface area contributed by atoms with Gasteiger partial charge in [0.1, 0.15) is 5.56 Å². The van der Waals surface area contributed by atoms with Crippen molar-refractivity contribution >= 4 is 21.9 Å². The Balaban J connectivity index is 2.96. The van der Waals surface area contributed by atoms with Crippen LogP contribution < -0.4 is 4.74 Å². The summed E-state index contributed by atoms with van der Waals surface area (Å²) in [6.45, 7) is 2.41. The van der Waals surface area contributed by atoms with Crippen LogP contribution in [0.15, 0.2) is 16.7 Å². The van der Waals surface area contributed by atoms with Crippen LogP contribution in [0.1, 0.15) is 23.7 Å². The second-order valence-corrected chi connectivity index (χ2v) is 3.58. The maximum atomic E-state index is 10.8. The van der Waals surface area contributed by atoms with E-state index in [2.05, 4.69) is 20.9 Å². The lowest BCUT2D eigenvalue weighted by molar-refractivity contribution is 0.0691. The van der Waals surface area contributed by atoms with E-state index in [9.17, 15) is 4.79 Å². The molecule has 14 heavy (non-hydrogen) atoms. The minimum absolute atomic E-state index is 0.0767. The minimum atomic E-state index is -1.04. The third-order valence-corrected chi connectivity index (χ3v) is 1.92. The van der Waals surface area contributed by atoms with Gasteiger partial charge >= 0.3 is 5.97 Å². The Kier molecular flexibility index (Phi) is 3.88. The van der Waals surface area contributed by atoms with Crippen LogP contribution in [0.3, 0.4) is 0 Å². The first-order valence-electron chi connectivity index (χ1n) is 4.16. The third kappa shape index (κ3) is 2.70. The number of ether oxygens (including phenoxy) is 1. The number of halogens is 1. The molecule has 0 bridgehead atoms. The van der Waals surface area contributed by atoms with Crippen LogP contribution in [-0.4, -0.2) is 22.7 Å². The molecule has 1 heterocycles. The highest BCUT2D eigenvalue weighted by molar-refractivity contribution is 9.10. The zero-order valence-corrected chi connectivity index (χ0v) is 9.24. The van der Waals surface area contributed by atoms with Gasteiger partial charge in [-0.25, -0.2) is 9.78 Å². The SMILES string of the molecule is CCCOc1ncc(Br)cc1C(=O)O. The fourth-order valence-electron chi connectivity index (χ4n) is 0.894. The number of rotatable bonds is 4. The van der Waals surface area contributed by atoms with Gasteiger partial charge in [-0.05, 0) is 28.4 Å². The number of aromatic nitrogens is 1. The summed E-state index contributed by atoms with van der Waals surface area (Å²) in [7, 11) is 0. The number of carboxylic acids is 1. The summed E-state index contributed by atoms with van der Waals surface area (Å²) >= 11 is 3.15. The summed E-state index contributed by atoms with van der Waals surface area (Å²) in [6, 6.07) is 1.47. The predicted molar refractivity (Wildman–Crippen MR) is 54.7 cm³/mol. The molecule has 76 valence electrons. The molecule has 0 saturated heterocycles. The lowest BCUT2D eigenvalue weighted by Crippen LogP contribution is -2.05. The number of carbonyl (C=O) groups is 1. The molecule has 1 aromatic heterocycles. The smallest absolute Gasteiger partial charge is 0.341 e. The van der Waals surface area contributed by atoms with Gasteiger partial charge in [0.25, 0.3) is 0 Å². The number of carboxylic acid groups (broad SMARTS) is 1. The van der Waals surface area contributed by atoms with E-state index in [0.29, 0.717) is 11.1 Å². The summed E-state index contributed by atoms with van der Waals surface area (Å²) < 4.78 is 5.81. The molecule has 0 atom stereocenters. The van der Waals surface area contributed by atoms with Crippen LogP contribution in [0.4, 0.5) is 0 Å². The lowest BCUT2D eigenvalue weighted by atomic mass is 10.3. The molecule has 1 N–H and O–H groups in total. The van der Waals surface area contributed by atoms with Crippen molar-refractivity contribution in [3.05, 3.63) is 22.3 Å². The maximum absolute atomic E-state index is 10.8. The van der Waals surface area contributed by atoms with E-state index in [0.717, 1.165) is 6.42 Å². The quantitative estimate of drug-likeness (QED) is 0.902. The van der Waals surface area contributed by atoms with Crippen molar-refractivity contribution in [2.75, 3.05) is 6.61 Å². The van der Waals surface area contributed by atoms with E-state index in [4.69, 9.17) is 9.84 Å². The zero-order valence-electron chi connectivity index (χ0n) is 7.66. The predicted octanol–water partition coefficient (Wildman–Crippen LogP) is 2.33. The Morgan fingerprint density at radius 2 is 2.43 bits per heavy atom. The summed E-state index contributed by atoms with van der Waals surface area (Å²) in [4.78, 5) is 14.7. The van der Waals surface area contributed by atoms with Gasteiger partial charge in [-0.3, -0.25) is 0 Å². The van der Waals surface area contributed by atoms with Crippen LogP contribution in [0, 0.1) is 0 Å². The first kappa shape index (κ1) is 11.0. The van der Waals surface area contributed by atoms with Gasteiger partial charge in [0.2, 0.25) is 5.88 Å². The second-order valence-electron chi connectivity index (χ2n) is 2.66.